The molecule has 33 heavy (non-hydrogen) atoms. The lowest BCUT2D eigenvalue weighted by Gasteiger charge is -2.20. The van der Waals surface area contributed by atoms with Crippen LogP contribution < -0.4 is 0 Å². The molecular weight excluding hydrogens is 396 g/mol. The van der Waals surface area contributed by atoms with Crippen molar-refractivity contribution in [2.45, 2.75) is 72.6 Å². The van der Waals surface area contributed by atoms with Crippen molar-refractivity contribution < 1.29 is 0 Å². The van der Waals surface area contributed by atoms with Crippen molar-refractivity contribution in [1.82, 2.24) is 0 Å². The summed E-state index contributed by atoms with van der Waals surface area (Å²) in [6.07, 6.45) is 10.9. The fourth-order valence-electron chi connectivity index (χ4n) is 4.91. The number of aryl methyl sites for hydroxylation is 2. The van der Waals surface area contributed by atoms with E-state index in [9.17, 15) is 0 Å². The zero-order valence-electron chi connectivity index (χ0n) is 20.9. The first kappa shape index (κ1) is 23.3. The molecule has 0 spiro atoms. The Morgan fingerprint density at radius 2 is 1.21 bits per heavy atom. The molecule has 0 N–H and O–H groups in total. The van der Waals surface area contributed by atoms with Crippen LogP contribution in [-0.2, 0) is 6.42 Å². The molecule has 0 heterocycles. The van der Waals surface area contributed by atoms with Crippen LogP contribution in [0, 0.1) is 6.92 Å². The van der Waals surface area contributed by atoms with Crippen molar-refractivity contribution in [2.24, 2.45) is 0 Å². The Kier molecular flexibility index (Phi) is 7.65. The first-order valence-electron chi connectivity index (χ1n) is 12.8. The highest BCUT2D eigenvalue weighted by molar-refractivity contribution is 5.81. The van der Waals surface area contributed by atoms with Gasteiger partial charge < -0.3 is 0 Å². The third-order valence-electron chi connectivity index (χ3n) is 6.99. The van der Waals surface area contributed by atoms with Gasteiger partial charge in [-0.2, -0.15) is 0 Å². The number of unbranched alkanes of at least 4 members (excludes halogenated alkanes) is 1. The van der Waals surface area contributed by atoms with Crippen LogP contribution in [0.15, 0.2) is 84.0 Å². The summed E-state index contributed by atoms with van der Waals surface area (Å²) in [5.74, 6) is 0. The maximum absolute atomic E-state index is 2.44. The summed E-state index contributed by atoms with van der Waals surface area (Å²) in [4.78, 5) is 0. The Bertz CT molecular complexity index is 1140. The molecule has 0 radical (unpaired) electrons. The Morgan fingerprint density at radius 3 is 1.79 bits per heavy atom. The summed E-state index contributed by atoms with van der Waals surface area (Å²) in [7, 11) is 0. The molecule has 0 saturated carbocycles. The van der Waals surface area contributed by atoms with Crippen LogP contribution in [0.2, 0.25) is 0 Å². The molecule has 3 aromatic rings. The molecule has 0 aromatic heterocycles. The van der Waals surface area contributed by atoms with E-state index in [1.165, 1.54) is 88.6 Å². The van der Waals surface area contributed by atoms with Gasteiger partial charge in [0.05, 0.1) is 0 Å². The van der Waals surface area contributed by atoms with Crippen LogP contribution >= 0.6 is 0 Å². The van der Waals surface area contributed by atoms with Crippen LogP contribution in [0.5, 0.6) is 0 Å². The first-order valence-corrected chi connectivity index (χ1v) is 12.8. The van der Waals surface area contributed by atoms with E-state index in [0.717, 1.165) is 6.42 Å². The number of benzene rings is 3. The lowest BCUT2D eigenvalue weighted by atomic mass is 9.85. The molecular formula is C33H38. The molecule has 170 valence electrons. The predicted molar refractivity (Wildman–Crippen MR) is 145 cm³/mol. The average Bonchev–Trinajstić information content (AvgIpc) is 2.84. The highest BCUT2D eigenvalue weighted by Crippen LogP contribution is 2.37. The SMILES string of the molecule is CCCCc1ccc(-c2cc(C3=CC(C)=C(CCC)CC3)cc(-c3ccc(C)cc3)c2)cc1. The van der Waals surface area contributed by atoms with Crippen molar-refractivity contribution in [3.8, 4) is 22.3 Å². The van der Waals surface area contributed by atoms with E-state index in [1.54, 1.807) is 5.57 Å². The van der Waals surface area contributed by atoms with Crippen LogP contribution in [0.1, 0.15) is 76.0 Å². The van der Waals surface area contributed by atoms with Crippen molar-refractivity contribution in [3.05, 3.63) is 101 Å². The Balaban J connectivity index is 1.76. The molecule has 0 bridgehead atoms. The van der Waals surface area contributed by atoms with Crippen LogP contribution in [0.4, 0.5) is 0 Å². The van der Waals surface area contributed by atoms with E-state index in [4.69, 9.17) is 0 Å². The molecule has 0 atom stereocenters. The quantitative estimate of drug-likeness (QED) is 0.331. The summed E-state index contributed by atoms with van der Waals surface area (Å²) in [6.45, 7) is 8.99. The molecule has 0 unspecified atom stereocenters. The smallest absolute Gasteiger partial charge is 0.0172 e. The third kappa shape index (κ3) is 5.74. The molecule has 0 heteroatoms. The number of hydrogen-bond acceptors (Lipinski definition) is 0. The fourth-order valence-corrected chi connectivity index (χ4v) is 4.91. The molecule has 3 aromatic carbocycles. The minimum Gasteiger partial charge on any atom is -0.0670 e. The molecule has 1 aliphatic rings. The van der Waals surface area contributed by atoms with Gasteiger partial charge in [-0.3, -0.25) is 0 Å². The van der Waals surface area contributed by atoms with Gasteiger partial charge in [-0.05, 0) is 103 Å². The molecule has 0 amide bonds. The normalized spacial score (nSPS) is 13.9. The van der Waals surface area contributed by atoms with E-state index in [1.807, 2.05) is 0 Å². The second kappa shape index (κ2) is 10.8. The van der Waals surface area contributed by atoms with Gasteiger partial charge in [0.25, 0.3) is 0 Å². The average molecular weight is 435 g/mol. The van der Waals surface area contributed by atoms with E-state index in [2.05, 4.69) is 101 Å². The van der Waals surface area contributed by atoms with Gasteiger partial charge in [0.1, 0.15) is 0 Å². The summed E-state index contributed by atoms with van der Waals surface area (Å²) < 4.78 is 0. The van der Waals surface area contributed by atoms with Crippen molar-refractivity contribution in [3.63, 3.8) is 0 Å². The minimum absolute atomic E-state index is 1.14. The third-order valence-corrected chi connectivity index (χ3v) is 6.99. The van der Waals surface area contributed by atoms with Gasteiger partial charge in [-0.1, -0.05) is 98.0 Å². The fraction of sp³-hybridized carbons (Fsp3) is 0.333. The standard InChI is InChI=1S/C33H38/c1-5-7-9-26-12-16-29(17-13-26)32-21-31(28-14-10-24(3)11-15-28)22-33(23-32)30-19-18-27(8-6-2)25(4)20-30/h10-17,20-23H,5-9,18-19H2,1-4H3. The molecule has 0 nitrogen and oxygen atoms in total. The topological polar surface area (TPSA) is 0 Å². The second-order valence-electron chi connectivity index (χ2n) is 9.67. The molecule has 4 rings (SSSR count). The molecule has 0 aliphatic heterocycles. The van der Waals surface area contributed by atoms with Crippen LogP contribution in [0.25, 0.3) is 27.8 Å². The van der Waals surface area contributed by atoms with Gasteiger partial charge in [0.2, 0.25) is 0 Å². The van der Waals surface area contributed by atoms with Crippen LogP contribution in [-0.4, -0.2) is 0 Å². The maximum Gasteiger partial charge on any atom is -0.0172 e. The van der Waals surface area contributed by atoms with Crippen molar-refractivity contribution in [1.29, 1.82) is 0 Å². The Labute approximate surface area is 201 Å². The van der Waals surface area contributed by atoms with Gasteiger partial charge in [-0.15, -0.1) is 0 Å². The molecule has 1 aliphatic carbocycles. The monoisotopic (exact) mass is 434 g/mol. The van der Waals surface area contributed by atoms with Crippen molar-refractivity contribution >= 4 is 5.57 Å². The summed E-state index contributed by atoms with van der Waals surface area (Å²) in [5.41, 5.74) is 13.9. The highest BCUT2D eigenvalue weighted by atomic mass is 14.2. The largest absolute Gasteiger partial charge is 0.0670 e. The first-order chi connectivity index (χ1) is 16.1. The summed E-state index contributed by atoms with van der Waals surface area (Å²) in [6, 6.07) is 25.4. The maximum atomic E-state index is 2.44. The van der Waals surface area contributed by atoms with E-state index in [-0.39, 0.29) is 0 Å². The van der Waals surface area contributed by atoms with Gasteiger partial charge >= 0.3 is 0 Å². The Hall–Kier alpha value is -2.86. The minimum atomic E-state index is 1.14. The van der Waals surface area contributed by atoms with Gasteiger partial charge in [0.15, 0.2) is 0 Å². The predicted octanol–water partition coefficient (Wildman–Crippen LogP) is 9.97. The zero-order chi connectivity index (χ0) is 23.2. The van der Waals surface area contributed by atoms with Crippen molar-refractivity contribution in [2.75, 3.05) is 0 Å². The van der Waals surface area contributed by atoms with Gasteiger partial charge in [0, 0.05) is 0 Å². The zero-order valence-corrected chi connectivity index (χ0v) is 20.9. The lowest BCUT2D eigenvalue weighted by molar-refractivity contribution is 0.795. The van der Waals surface area contributed by atoms with Crippen LogP contribution in [0.3, 0.4) is 0 Å². The van der Waals surface area contributed by atoms with E-state index in [0.29, 0.717) is 0 Å². The number of rotatable bonds is 8. The number of hydrogen-bond donors (Lipinski definition) is 0. The summed E-state index contributed by atoms with van der Waals surface area (Å²) >= 11 is 0. The lowest BCUT2D eigenvalue weighted by Crippen LogP contribution is -1.98. The van der Waals surface area contributed by atoms with Gasteiger partial charge in [-0.25, -0.2) is 0 Å². The summed E-state index contributed by atoms with van der Waals surface area (Å²) in [5, 5.41) is 0. The molecule has 0 fully saturated rings. The molecule has 0 saturated heterocycles. The number of allylic oxidation sites excluding steroid dienone is 4. The highest BCUT2D eigenvalue weighted by Gasteiger charge is 2.14. The van der Waals surface area contributed by atoms with E-state index < -0.39 is 0 Å². The second-order valence-corrected chi connectivity index (χ2v) is 9.67. The van der Waals surface area contributed by atoms with E-state index >= 15 is 0 Å². The Morgan fingerprint density at radius 1 is 0.606 bits per heavy atom.